The molecule has 1 amide bonds. The number of fused-ring (bicyclic) bond motifs is 1. The molecular formula is C24H35N3O. The Hall–Kier alpha value is -1.32. The molecule has 0 aliphatic heterocycles. The van der Waals surface area contributed by atoms with Crippen molar-refractivity contribution in [1.29, 1.82) is 0 Å². The summed E-state index contributed by atoms with van der Waals surface area (Å²) in [5, 5.41) is 4.89. The molecular weight excluding hydrogens is 346 g/mol. The quantitative estimate of drug-likeness (QED) is 0.775. The van der Waals surface area contributed by atoms with Crippen molar-refractivity contribution >= 4 is 5.91 Å². The Labute approximate surface area is 169 Å². The molecule has 0 radical (unpaired) electrons. The van der Waals surface area contributed by atoms with E-state index in [1.54, 1.807) is 0 Å². The van der Waals surface area contributed by atoms with E-state index in [0.29, 0.717) is 11.9 Å². The van der Waals surface area contributed by atoms with Crippen molar-refractivity contribution in [2.75, 3.05) is 0 Å². The lowest BCUT2D eigenvalue weighted by Crippen LogP contribution is -2.56. The van der Waals surface area contributed by atoms with Gasteiger partial charge in [0.15, 0.2) is 0 Å². The zero-order valence-electron chi connectivity index (χ0n) is 17.5. The molecule has 0 unspecified atom stereocenters. The first kappa shape index (κ1) is 17.5. The second kappa shape index (κ2) is 6.34. The van der Waals surface area contributed by atoms with E-state index in [4.69, 9.17) is 5.10 Å². The predicted molar refractivity (Wildman–Crippen MR) is 109 cm³/mol. The van der Waals surface area contributed by atoms with Crippen LogP contribution in [0.1, 0.15) is 87.6 Å². The third-order valence-electron chi connectivity index (χ3n) is 9.04. The van der Waals surface area contributed by atoms with E-state index in [0.717, 1.165) is 37.1 Å². The van der Waals surface area contributed by atoms with Crippen LogP contribution in [0.3, 0.4) is 0 Å². The van der Waals surface area contributed by atoms with Gasteiger partial charge in [0.1, 0.15) is 0 Å². The van der Waals surface area contributed by atoms with Crippen LogP contribution in [0.25, 0.3) is 0 Å². The van der Waals surface area contributed by atoms with Gasteiger partial charge in [-0.25, -0.2) is 0 Å². The van der Waals surface area contributed by atoms with Crippen molar-refractivity contribution in [3.63, 3.8) is 0 Å². The van der Waals surface area contributed by atoms with E-state index in [2.05, 4.69) is 16.6 Å². The topological polar surface area (TPSA) is 38.1 Å². The first-order valence-corrected chi connectivity index (χ1v) is 12.0. The lowest BCUT2D eigenvalue weighted by molar-refractivity contribution is -0.161. The highest BCUT2D eigenvalue weighted by Gasteiger charge is 2.56. The Bertz CT molecular complexity index is 753. The van der Waals surface area contributed by atoms with Gasteiger partial charge >= 0.3 is 0 Å². The van der Waals surface area contributed by atoms with Crippen molar-refractivity contribution in [3.05, 3.63) is 17.0 Å². The lowest BCUT2D eigenvalue weighted by atomic mass is 9.49. The molecule has 1 aromatic heterocycles. The van der Waals surface area contributed by atoms with Crippen LogP contribution in [0.4, 0.5) is 0 Å². The fourth-order valence-electron chi connectivity index (χ4n) is 8.25. The van der Waals surface area contributed by atoms with Gasteiger partial charge in [0, 0.05) is 18.8 Å². The number of amides is 1. The Morgan fingerprint density at radius 1 is 1.04 bits per heavy atom. The number of hydrogen-bond acceptors (Lipinski definition) is 2. The molecule has 1 heterocycles. The van der Waals surface area contributed by atoms with Gasteiger partial charge in [-0.2, -0.15) is 5.10 Å². The van der Waals surface area contributed by atoms with E-state index in [1.807, 2.05) is 0 Å². The van der Waals surface area contributed by atoms with Gasteiger partial charge in [-0.05, 0) is 93.9 Å². The fraction of sp³-hybridized carbons (Fsp3) is 0.833. The van der Waals surface area contributed by atoms with Gasteiger partial charge in [-0.1, -0.05) is 12.8 Å². The third-order valence-corrected chi connectivity index (χ3v) is 9.04. The Balaban J connectivity index is 1.32. The van der Waals surface area contributed by atoms with Gasteiger partial charge in [-0.15, -0.1) is 0 Å². The van der Waals surface area contributed by atoms with Crippen LogP contribution in [-0.4, -0.2) is 26.6 Å². The molecule has 0 saturated heterocycles. The van der Waals surface area contributed by atoms with E-state index in [-0.39, 0.29) is 5.41 Å². The average Bonchev–Trinajstić information content (AvgIpc) is 3.39. The van der Waals surface area contributed by atoms with Crippen LogP contribution in [-0.2, 0) is 31.2 Å². The molecule has 6 aliphatic rings. The van der Waals surface area contributed by atoms with Crippen LogP contribution in [0.5, 0.6) is 0 Å². The second-order valence-corrected chi connectivity index (χ2v) is 10.9. The lowest BCUT2D eigenvalue weighted by Gasteiger charge is -2.57. The van der Waals surface area contributed by atoms with Crippen LogP contribution in [0.15, 0.2) is 0 Å². The van der Waals surface area contributed by atoms with E-state index in [9.17, 15) is 4.79 Å². The van der Waals surface area contributed by atoms with Gasteiger partial charge in [0.05, 0.1) is 17.7 Å². The second-order valence-electron chi connectivity index (χ2n) is 10.9. The number of aryl methyl sites for hydroxylation is 1. The highest BCUT2D eigenvalue weighted by Crippen LogP contribution is 2.60. The third kappa shape index (κ3) is 2.62. The minimum absolute atomic E-state index is 0.0186. The number of carbonyl (C=O) groups is 1. The number of carbonyl (C=O) groups excluding carboxylic acids is 1. The first-order valence-electron chi connectivity index (χ1n) is 12.0. The summed E-state index contributed by atoms with van der Waals surface area (Å²) in [7, 11) is 2.09. The van der Waals surface area contributed by atoms with E-state index in [1.165, 1.54) is 87.6 Å². The van der Waals surface area contributed by atoms with Crippen LogP contribution in [0.2, 0.25) is 0 Å². The maximum absolute atomic E-state index is 14.2. The molecule has 0 N–H and O–H groups in total. The van der Waals surface area contributed by atoms with E-state index < -0.39 is 0 Å². The normalized spacial score (nSPS) is 36.2. The van der Waals surface area contributed by atoms with Gasteiger partial charge < -0.3 is 4.90 Å². The molecule has 5 saturated carbocycles. The summed E-state index contributed by atoms with van der Waals surface area (Å²) in [5.74, 6) is 3.02. The summed E-state index contributed by atoms with van der Waals surface area (Å²) in [5.41, 5.74) is 4.07. The van der Waals surface area contributed by atoms with Crippen LogP contribution < -0.4 is 0 Å². The molecule has 6 aliphatic carbocycles. The molecule has 0 atom stereocenters. The summed E-state index contributed by atoms with van der Waals surface area (Å²) < 4.78 is 2.10. The SMILES string of the molecule is Cn1nc(CN(C(=O)C23CC4CC(CC(C4)C2)C3)C2CCCC2)c2c1CCC2. The fourth-order valence-corrected chi connectivity index (χ4v) is 8.25. The van der Waals surface area contributed by atoms with Gasteiger partial charge in [-0.3, -0.25) is 9.48 Å². The predicted octanol–water partition coefficient (Wildman–Crippen LogP) is 4.40. The molecule has 1 aromatic rings. The zero-order valence-corrected chi connectivity index (χ0v) is 17.5. The molecule has 4 bridgehead atoms. The molecule has 0 aromatic carbocycles. The van der Waals surface area contributed by atoms with Gasteiger partial charge in [0.2, 0.25) is 5.91 Å². The summed E-state index contributed by atoms with van der Waals surface area (Å²) in [4.78, 5) is 16.5. The minimum atomic E-state index is -0.0186. The molecule has 28 heavy (non-hydrogen) atoms. The number of aromatic nitrogens is 2. The van der Waals surface area contributed by atoms with Crippen molar-refractivity contribution in [2.24, 2.45) is 30.2 Å². The van der Waals surface area contributed by atoms with E-state index >= 15 is 0 Å². The number of nitrogens with zero attached hydrogens (tertiary/aromatic N) is 3. The molecule has 7 rings (SSSR count). The summed E-state index contributed by atoms with van der Waals surface area (Å²) in [6.45, 7) is 0.772. The summed E-state index contributed by atoms with van der Waals surface area (Å²) >= 11 is 0. The monoisotopic (exact) mass is 381 g/mol. The highest BCUT2D eigenvalue weighted by atomic mass is 16.2. The van der Waals surface area contributed by atoms with Gasteiger partial charge in [0.25, 0.3) is 0 Å². The minimum Gasteiger partial charge on any atom is -0.333 e. The Kier molecular flexibility index (Phi) is 3.97. The Morgan fingerprint density at radius 3 is 2.32 bits per heavy atom. The number of rotatable bonds is 4. The molecule has 4 nitrogen and oxygen atoms in total. The first-order chi connectivity index (χ1) is 13.6. The van der Waals surface area contributed by atoms with Crippen LogP contribution in [0, 0.1) is 23.2 Å². The number of hydrogen-bond donors (Lipinski definition) is 0. The molecule has 152 valence electrons. The molecule has 0 spiro atoms. The average molecular weight is 382 g/mol. The Morgan fingerprint density at radius 2 is 1.68 bits per heavy atom. The van der Waals surface area contributed by atoms with Crippen molar-refractivity contribution in [3.8, 4) is 0 Å². The largest absolute Gasteiger partial charge is 0.333 e. The smallest absolute Gasteiger partial charge is 0.229 e. The molecule has 4 heteroatoms. The molecule has 5 fully saturated rings. The maximum atomic E-state index is 14.2. The summed E-state index contributed by atoms with van der Waals surface area (Å²) in [6.07, 6.45) is 16.3. The van der Waals surface area contributed by atoms with Crippen molar-refractivity contribution < 1.29 is 4.79 Å². The zero-order chi connectivity index (χ0) is 18.9. The van der Waals surface area contributed by atoms with Crippen LogP contribution >= 0.6 is 0 Å². The highest BCUT2D eigenvalue weighted by molar-refractivity contribution is 5.83. The maximum Gasteiger partial charge on any atom is 0.229 e. The summed E-state index contributed by atoms with van der Waals surface area (Å²) in [6, 6.07) is 0.458. The standard InChI is InChI=1S/C24H35N3O/c1-26-22-8-4-7-20(22)21(25-26)15-27(19-5-2-3-6-19)23(28)24-12-16-9-17(13-24)11-18(10-16)14-24/h16-19H,2-15H2,1H3. The van der Waals surface area contributed by atoms with Crippen molar-refractivity contribution in [2.45, 2.75) is 96.1 Å². The van der Waals surface area contributed by atoms with Crippen molar-refractivity contribution in [1.82, 2.24) is 14.7 Å².